The monoisotopic (exact) mass is 367 g/mol. The summed E-state index contributed by atoms with van der Waals surface area (Å²) in [7, 11) is 4.62. The van der Waals surface area contributed by atoms with Crippen molar-refractivity contribution in [3.05, 3.63) is 48.0 Å². The van der Waals surface area contributed by atoms with Crippen molar-refractivity contribution in [3.63, 3.8) is 0 Å². The lowest BCUT2D eigenvalue weighted by Crippen LogP contribution is -3.00. The van der Waals surface area contributed by atoms with Crippen LogP contribution in [0.5, 0.6) is 0 Å². The second-order valence-corrected chi connectivity index (χ2v) is 7.34. The van der Waals surface area contributed by atoms with Gasteiger partial charge in [0, 0.05) is 11.1 Å². The SMILES string of the molecule is C=C(C)C(=O)OCCCCCCCC[N+](C)(C)Cc1ccccc1.[Cl-]. The number of unbranched alkanes of at least 4 members (excludes halogenated alkanes) is 5. The summed E-state index contributed by atoms with van der Waals surface area (Å²) in [5.41, 5.74) is 1.89. The first-order chi connectivity index (χ1) is 11.4. The number of carbonyl (C=O) groups excluding carboxylic acids is 1. The van der Waals surface area contributed by atoms with Crippen LogP contribution in [0.3, 0.4) is 0 Å². The Morgan fingerprint density at radius 1 is 1.00 bits per heavy atom. The summed E-state index contributed by atoms with van der Waals surface area (Å²) < 4.78 is 6.13. The molecule has 142 valence electrons. The number of ether oxygens (including phenoxy) is 1. The number of rotatable bonds is 12. The number of hydrogen-bond acceptors (Lipinski definition) is 2. The van der Waals surface area contributed by atoms with Crippen LogP contribution in [-0.4, -0.2) is 37.7 Å². The Hall–Kier alpha value is -1.32. The van der Waals surface area contributed by atoms with E-state index in [2.05, 4.69) is 51.0 Å². The van der Waals surface area contributed by atoms with Gasteiger partial charge < -0.3 is 21.6 Å². The third kappa shape index (κ3) is 11.8. The van der Waals surface area contributed by atoms with Crippen molar-refractivity contribution in [2.75, 3.05) is 27.2 Å². The number of nitrogens with zero attached hydrogens (tertiary/aromatic N) is 1. The maximum absolute atomic E-state index is 11.2. The first kappa shape index (κ1) is 23.7. The van der Waals surface area contributed by atoms with Crippen molar-refractivity contribution in [2.45, 2.75) is 52.0 Å². The molecule has 1 aromatic rings. The van der Waals surface area contributed by atoms with Crippen LogP contribution in [0, 0.1) is 0 Å². The highest BCUT2D eigenvalue weighted by Crippen LogP contribution is 2.12. The average Bonchev–Trinajstić information content (AvgIpc) is 2.53. The van der Waals surface area contributed by atoms with Gasteiger partial charge in [-0.3, -0.25) is 0 Å². The van der Waals surface area contributed by atoms with Crippen LogP contribution in [0.25, 0.3) is 0 Å². The molecule has 4 heteroatoms. The molecule has 1 aromatic carbocycles. The average molecular weight is 368 g/mol. The van der Waals surface area contributed by atoms with Crippen molar-refractivity contribution in [1.82, 2.24) is 0 Å². The maximum Gasteiger partial charge on any atom is 0.333 e. The Bertz CT molecular complexity index is 500. The van der Waals surface area contributed by atoms with Crippen molar-refractivity contribution >= 4 is 5.97 Å². The van der Waals surface area contributed by atoms with Gasteiger partial charge in [0.05, 0.1) is 27.2 Å². The topological polar surface area (TPSA) is 26.3 Å². The largest absolute Gasteiger partial charge is 1.00 e. The van der Waals surface area contributed by atoms with E-state index in [0.29, 0.717) is 12.2 Å². The van der Waals surface area contributed by atoms with Crippen molar-refractivity contribution in [1.29, 1.82) is 0 Å². The van der Waals surface area contributed by atoms with E-state index < -0.39 is 0 Å². The van der Waals surface area contributed by atoms with E-state index >= 15 is 0 Å². The third-order valence-corrected chi connectivity index (χ3v) is 4.19. The second kappa shape index (κ2) is 13.0. The second-order valence-electron chi connectivity index (χ2n) is 7.34. The number of carbonyl (C=O) groups is 1. The molecule has 0 bridgehead atoms. The molecule has 0 N–H and O–H groups in total. The van der Waals surface area contributed by atoms with Gasteiger partial charge in [0.1, 0.15) is 6.54 Å². The quantitative estimate of drug-likeness (QED) is 0.243. The lowest BCUT2D eigenvalue weighted by atomic mass is 10.1. The normalized spacial score (nSPS) is 10.8. The number of halogens is 1. The van der Waals surface area contributed by atoms with E-state index in [-0.39, 0.29) is 18.4 Å². The summed E-state index contributed by atoms with van der Waals surface area (Å²) in [6, 6.07) is 10.7. The zero-order valence-corrected chi connectivity index (χ0v) is 16.9. The summed E-state index contributed by atoms with van der Waals surface area (Å²) >= 11 is 0. The molecule has 3 nitrogen and oxygen atoms in total. The molecular formula is C21H34ClNO2. The van der Waals surface area contributed by atoms with Crippen LogP contribution in [0.1, 0.15) is 51.0 Å². The van der Waals surface area contributed by atoms with Crippen LogP contribution in [-0.2, 0) is 16.1 Å². The smallest absolute Gasteiger partial charge is 0.333 e. The van der Waals surface area contributed by atoms with Crippen LogP contribution in [0.15, 0.2) is 42.5 Å². The molecule has 0 spiro atoms. The van der Waals surface area contributed by atoms with Gasteiger partial charge in [-0.1, -0.05) is 56.2 Å². The van der Waals surface area contributed by atoms with Gasteiger partial charge in [-0.25, -0.2) is 4.79 Å². The van der Waals surface area contributed by atoms with Gasteiger partial charge in [-0.2, -0.15) is 0 Å². The van der Waals surface area contributed by atoms with E-state index in [0.717, 1.165) is 23.9 Å². The van der Waals surface area contributed by atoms with E-state index in [4.69, 9.17) is 4.74 Å². The van der Waals surface area contributed by atoms with E-state index in [9.17, 15) is 4.79 Å². The molecule has 0 amide bonds. The molecule has 1 rings (SSSR count). The first-order valence-corrected chi connectivity index (χ1v) is 9.09. The molecule has 0 aliphatic heterocycles. The fourth-order valence-corrected chi connectivity index (χ4v) is 2.79. The molecule has 0 atom stereocenters. The predicted molar refractivity (Wildman–Crippen MR) is 101 cm³/mol. The Labute approximate surface area is 160 Å². The standard InChI is InChI=1S/C21H34NO2.ClH/c1-19(2)21(23)24-17-13-8-6-5-7-12-16-22(3,4)18-20-14-10-9-11-15-20;/h9-11,14-15H,1,5-8,12-13,16-18H2,2-4H3;1H/q+1;/p-1. The predicted octanol–water partition coefficient (Wildman–Crippen LogP) is 1.73. The first-order valence-electron chi connectivity index (χ1n) is 9.09. The summed E-state index contributed by atoms with van der Waals surface area (Å²) in [4.78, 5) is 11.2. The van der Waals surface area contributed by atoms with Crippen molar-refractivity contribution < 1.29 is 26.4 Å². The molecule has 0 saturated heterocycles. The number of benzene rings is 1. The van der Waals surface area contributed by atoms with Crippen LogP contribution >= 0.6 is 0 Å². The van der Waals surface area contributed by atoms with Gasteiger partial charge in [0.25, 0.3) is 0 Å². The molecule has 0 radical (unpaired) electrons. The van der Waals surface area contributed by atoms with Gasteiger partial charge in [-0.15, -0.1) is 0 Å². The molecule has 25 heavy (non-hydrogen) atoms. The Morgan fingerprint density at radius 2 is 1.56 bits per heavy atom. The Morgan fingerprint density at radius 3 is 2.16 bits per heavy atom. The van der Waals surface area contributed by atoms with Gasteiger partial charge >= 0.3 is 5.97 Å². The zero-order valence-electron chi connectivity index (χ0n) is 16.1. The highest BCUT2D eigenvalue weighted by atomic mass is 35.5. The summed E-state index contributed by atoms with van der Waals surface area (Å²) in [5, 5.41) is 0. The molecule has 0 aromatic heterocycles. The Kier molecular flexibility index (Phi) is 12.3. The molecule has 0 unspecified atom stereocenters. The molecular weight excluding hydrogens is 334 g/mol. The molecule has 0 fully saturated rings. The zero-order chi connectivity index (χ0) is 17.8. The lowest BCUT2D eigenvalue weighted by molar-refractivity contribution is -0.903. The fraction of sp³-hybridized carbons (Fsp3) is 0.571. The minimum Gasteiger partial charge on any atom is -1.00 e. The van der Waals surface area contributed by atoms with Crippen molar-refractivity contribution in [3.8, 4) is 0 Å². The number of quaternary nitrogens is 1. The van der Waals surface area contributed by atoms with Gasteiger partial charge in [0.2, 0.25) is 0 Å². The van der Waals surface area contributed by atoms with E-state index in [1.165, 1.54) is 37.8 Å². The van der Waals surface area contributed by atoms with Crippen LogP contribution in [0.2, 0.25) is 0 Å². The number of hydrogen-bond donors (Lipinski definition) is 0. The summed E-state index contributed by atoms with van der Waals surface area (Å²) in [6.07, 6.45) is 7.11. The molecule has 0 aliphatic rings. The lowest BCUT2D eigenvalue weighted by Gasteiger charge is -2.30. The van der Waals surface area contributed by atoms with Gasteiger partial charge in [-0.05, 0) is 26.2 Å². The molecule has 0 saturated carbocycles. The highest BCUT2D eigenvalue weighted by molar-refractivity contribution is 5.86. The summed E-state index contributed by atoms with van der Waals surface area (Å²) in [5.74, 6) is -0.270. The Balaban J connectivity index is 0.00000576. The van der Waals surface area contributed by atoms with Crippen molar-refractivity contribution in [2.24, 2.45) is 0 Å². The highest BCUT2D eigenvalue weighted by Gasteiger charge is 2.14. The van der Waals surface area contributed by atoms with Crippen LogP contribution < -0.4 is 12.4 Å². The summed E-state index contributed by atoms with van der Waals surface area (Å²) in [6.45, 7) is 8.08. The van der Waals surface area contributed by atoms with Gasteiger partial charge in [0.15, 0.2) is 0 Å². The molecule has 0 heterocycles. The minimum absolute atomic E-state index is 0. The maximum atomic E-state index is 11.2. The fourth-order valence-electron chi connectivity index (χ4n) is 2.79. The molecule has 0 aliphatic carbocycles. The van der Waals surface area contributed by atoms with E-state index in [1.807, 2.05) is 0 Å². The third-order valence-electron chi connectivity index (χ3n) is 4.19. The minimum atomic E-state index is -0.270. The van der Waals surface area contributed by atoms with E-state index in [1.54, 1.807) is 6.92 Å². The van der Waals surface area contributed by atoms with Crippen LogP contribution in [0.4, 0.5) is 0 Å². The number of esters is 1.